The van der Waals surface area contributed by atoms with Crippen molar-refractivity contribution in [1.29, 1.82) is 0 Å². The molecule has 0 aromatic carbocycles. The van der Waals surface area contributed by atoms with Crippen LogP contribution in [0.2, 0.25) is 0 Å². The molecule has 0 radical (unpaired) electrons. The summed E-state index contributed by atoms with van der Waals surface area (Å²) in [5, 5.41) is 0. The predicted octanol–water partition coefficient (Wildman–Crippen LogP) is 13.4. The van der Waals surface area contributed by atoms with E-state index in [0.717, 1.165) is 0 Å². The Labute approximate surface area is 228 Å². The second kappa shape index (κ2) is 24.6. The molecule has 0 aromatic heterocycles. The Balaban J connectivity index is 2.40. The van der Waals surface area contributed by atoms with Gasteiger partial charge in [-0.3, -0.25) is 0 Å². The van der Waals surface area contributed by atoms with Gasteiger partial charge in [-0.15, -0.1) is 0 Å². The van der Waals surface area contributed by atoms with Gasteiger partial charge in [-0.2, -0.15) is 0 Å². The van der Waals surface area contributed by atoms with Crippen molar-refractivity contribution in [3.05, 3.63) is 34.9 Å². The largest absolute Gasteiger partial charge is 0.0912 e. The van der Waals surface area contributed by atoms with Crippen molar-refractivity contribution in [3.8, 4) is 0 Å². The lowest BCUT2D eigenvalue weighted by atomic mass is 9.94. The molecule has 0 amide bonds. The zero-order valence-corrected chi connectivity index (χ0v) is 25.4. The van der Waals surface area contributed by atoms with Crippen LogP contribution in [0.25, 0.3) is 0 Å². The molecule has 0 aromatic rings. The van der Waals surface area contributed by atoms with E-state index in [1.54, 1.807) is 16.7 Å². The number of rotatable bonds is 27. The van der Waals surface area contributed by atoms with Crippen LogP contribution in [0.1, 0.15) is 194 Å². The molecule has 0 unspecified atom stereocenters. The molecule has 0 heterocycles. The van der Waals surface area contributed by atoms with E-state index < -0.39 is 0 Å². The molecule has 0 aliphatic heterocycles. The van der Waals surface area contributed by atoms with Gasteiger partial charge < -0.3 is 0 Å². The molecule has 0 heteroatoms. The highest BCUT2D eigenvalue weighted by atomic mass is 14.2. The fourth-order valence-corrected chi connectivity index (χ4v) is 5.86. The second-order valence-corrected chi connectivity index (χ2v) is 11.8. The minimum absolute atomic E-state index is 1.26. The van der Waals surface area contributed by atoms with Gasteiger partial charge in [-0.1, -0.05) is 168 Å². The topological polar surface area (TPSA) is 0 Å². The van der Waals surface area contributed by atoms with Crippen molar-refractivity contribution < 1.29 is 0 Å². The van der Waals surface area contributed by atoms with Crippen LogP contribution >= 0.6 is 0 Å². The highest BCUT2D eigenvalue weighted by Crippen LogP contribution is 2.38. The SMILES string of the molecule is C=C1C(CCCCCCCCCC)=CC(CCCCCCCCCC)=C1CCCCCCCCCC. The van der Waals surface area contributed by atoms with Crippen molar-refractivity contribution in [2.24, 2.45) is 0 Å². The van der Waals surface area contributed by atoms with Gasteiger partial charge in [0.15, 0.2) is 0 Å². The van der Waals surface area contributed by atoms with Crippen LogP contribution in [0.5, 0.6) is 0 Å². The van der Waals surface area contributed by atoms with E-state index in [9.17, 15) is 0 Å². The van der Waals surface area contributed by atoms with Gasteiger partial charge in [0, 0.05) is 0 Å². The van der Waals surface area contributed by atoms with Crippen LogP contribution in [-0.2, 0) is 0 Å². The summed E-state index contributed by atoms with van der Waals surface area (Å²) < 4.78 is 0. The molecule has 1 aliphatic rings. The lowest BCUT2D eigenvalue weighted by Crippen LogP contribution is -1.92. The number of allylic oxidation sites excluding steroid dienone is 5. The van der Waals surface area contributed by atoms with E-state index in [1.165, 1.54) is 179 Å². The van der Waals surface area contributed by atoms with Gasteiger partial charge in [0.05, 0.1) is 0 Å². The molecule has 0 fully saturated rings. The van der Waals surface area contributed by atoms with Gasteiger partial charge in [-0.25, -0.2) is 0 Å². The molecule has 0 atom stereocenters. The maximum Gasteiger partial charge on any atom is -0.0262 e. The van der Waals surface area contributed by atoms with Crippen molar-refractivity contribution >= 4 is 0 Å². The molecule has 36 heavy (non-hydrogen) atoms. The summed E-state index contributed by atoms with van der Waals surface area (Å²) in [6, 6.07) is 0. The quantitative estimate of drug-likeness (QED) is 0.0987. The molecular weight excluding hydrogens is 432 g/mol. The molecule has 210 valence electrons. The number of hydrogen-bond acceptors (Lipinski definition) is 0. The van der Waals surface area contributed by atoms with Crippen LogP contribution in [0.15, 0.2) is 34.9 Å². The standard InChI is InChI=1S/C36H66/c1-5-8-11-14-17-20-23-26-29-34-32-35(30-27-24-21-18-15-12-9-6-2)36(33(34)4)31-28-25-22-19-16-13-10-7-3/h32H,4-31H2,1-3H3. The zero-order chi connectivity index (χ0) is 26.1. The van der Waals surface area contributed by atoms with E-state index in [0.29, 0.717) is 0 Å². The van der Waals surface area contributed by atoms with E-state index >= 15 is 0 Å². The van der Waals surface area contributed by atoms with Gasteiger partial charge >= 0.3 is 0 Å². The van der Waals surface area contributed by atoms with E-state index in [-0.39, 0.29) is 0 Å². The van der Waals surface area contributed by atoms with Crippen LogP contribution in [0.4, 0.5) is 0 Å². The maximum absolute atomic E-state index is 4.62. The summed E-state index contributed by atoms with van der Waals surface area (Å²) in [7, 11) is 0. The fraction of sp³-hybridized carbons (Fsp3) is 0.833. The molecule has 1 aliphatic carbocycles. The lowest BCUT2D eigenvalue weighted by molar-refractivity contribution is 0.571. The average Bonchev–Trinajstić information content (AvgIpc) is 3.18. The summed E-state index contributed by atoms with van der Waals surface area (Å²) in [4.78, 5) is 0. The average molecular weight is 499 g/mol. The number of hydrogen-bond donors (Lipinski definition) is 0. The Morgan fingerprint density at radius 2 is 0.750 bits per heavy atom. The van der Waals surface area contributed by atoms with Crippen molar-refractivity contribution in [1.82, 2.24) is 0 Å². The highest BCUT2D eigenvalue weighted by Gasteiger charge is 2.19. The first-order valence-corrected chi connectivity index (χ1v) is 16.9. The summed E-state index contributed by atoms with van der Waals surface area (Å²) in [5.74, 6) is 0. The third kappa shape index (κ3) is 16.9. The Morgan fingerprint density at radius 1 is 0.417 bits per heavy atom. The molecule has 0 bridgehead atoms. The van der Waals surface area contributed by atoms with Crippen LogP contribution in [0, 0.1) is 0 Å². The molecule has 0 spiro atoms. The first-order chi connectivity index (χ1) is 17.7. The summed E-state index contributed by atoms with van der Waals surface area (Å²) in [6.07, 6.45) is 40.3. The molecule has 0 saturated heterocycles. The highest BCUT2D eigenvalue weighted by molar-refractivity contribution is 5.58. The van der Waals surface area contributed by atoms with E-state index in [2.05, 4.69) is 33.4 Å². The monoisotopic (exact) mass is 499 g/mol. The minimum Gasteiger partial charge on any atom is -0.0912 e. The molecular formula is C36H66. The van der Waals surface area contributed by atoms with Crippen molar-refractivity contribution in [2.75, 3.05) is 0 Å². The molecule has 1 rings (SSSR count). The smallest absolute Gasteiger partial charge is 0.0262 e. The zero-order valence-electron chi connectivity index (χ0n) is 25.4. The van der Waals surface area contributed by atoms with Crippen molar-refractivity contribution in [3.63, 3.8) is 0 Å². The van der Waals surface area contributed by atoms with E-state index in [4.69, 9.17) is 0 Å². The van der Waals surface area contributed by atoms with E-state index in [1.807, 2.05) is 0 Å². The van der Waals surface area contributed by atoms with Gasteiger partial charge in [0.2, 0.25) is 0 Å². The van der Waals surface area contributed by atoms with Crippen LogP contribution in [-0.4, -0.2) is 0 Å². The van der Waals surface area contributed by atoms with Gasteiger partial charge in [0.25, 0.3) is 0 Å². The molecule has 0 N–H and O–H groups in total. The Hall–Kier alpha value is -0.780. The summed E-state index contributed by atoms with van der Waals surface area (Å²) in [5.41, 5.74) is 6.34. The minimum atomic E-state index is 1.26. The first kappa shape index (κ1) is 33.2. The first-order valence-electron chi connectivity index (χ1n) is 16.9. The lowest BCUT2D eigenvalue weighted by Gasteiger charge is -2.11. The Bertz CT molecular complexity index is 575. The fourth-order valence-electron chi connectivity index (χ4n) is 5.86. The normalized spacial score (nSPS) is 13.8. The summed E-state index contributed by atoms with van der Waals surface area (Å²) in [6.45, 7) is 11.6. The van der Waals surface area contributed by atoms with Crippen LogP contribution < -0.4 is 0 Å². The van der Waals surface area contributed by atoms with Crippen LogP contribution in [0.3, 0.4) is 0 Å². The van der Waals surface area contributed by atoms with Crippen molar-refractivity contribution in [2.45, 2.75) is 194 Å². The third-order valence-corrected chi connectivity index (χ3v) is 8.37. The van der Waals surface area contributed by atoms with Gasteiger partial charge in [-0.05, 0) is 60.8 Å². The molecule has 0 nitrogen and oxygen atoms in total. The predicted molar refractivity (Wildman–Crippen MR) is 166 cm³/mol. The molecule has 0 saturated carbocycles. The van der Waals surface area contributed by atoms with Gasteiger partial charge in [0.1, 0.15) is 0 Å². The Kier molecular flexibility index (Phi) is 22.7. The second-order valence-electron chi connectivity index (χ2n) is 11.8. The Morgan fingerprint density at radius 3 is 1.17 bits per heavy atom. The summed E-state index contributed by atoms with van der Waals surface area (Å²) >= 11 is 0. The maximum atomic E-state index is 4.62. The third-order valence-electron chi connectivity index (χ3n) is 8.37. The number of unbranched alkanes of at least 4 members (excludes halogenated alkanes) is 21.